The summed E-state index contributed by atoms with van der Waals surface area (Å²) in [7, 11) is -3.42. The molecule has 0 radical (unpaired) electrons. The third-order valence-electron chi connectivity index (χ3n) is 3.39. The molecule has 2 N–H and O–H groups in total. The zero-order valence-electron chi connectivity index (χ0n) is 11.8. The highest BCUT2D eigenvalue weighted by atomic mass is 79.9. The van der Waals surface area contributed by atoms with Gasteiger partial charge in [0.05, 0.1) is 3.79 Å². The lowest BCUT2D eigenvalue weighted by Crippen LogP contribution is -2.33. The smallest absolute Gasteiger partial charge is 0.242 e. The second kappa shape index (κ2) is 6.87. The molecule has 114 valence electrons. The van der Waals surface area contributed by atoms with Gasteiger partial charge in [-0.1, -0.05) is 6.92 Å². The zero-order valence-corrected chi connectivity index (χ0v) is 15.0. The standard InChI is InChI=1S/C13H21BrN2O2S2/c1-3-6-15-8-11-7-12(13(14)19-11)20(17,18)16-9(2)10-4-5-10/h7,9-10,15-16H,3-6,8H2,1-2H3. The fraction of sp³-hybridized carbons (Fsp3) is 0.692. The molecule has 1 atom stereocenters. The minimum Gasteiger partial charge on any atom is -0.312 e. The first-order valence-corrected chi connectivity index (χ1v) is 10.0. The molecular formula is C13H21BrN2O2S2. The van der Waals surface area contributed by atoms with Gasteiger partial charge in [0.2, 0.25) is 10.0 Å². The van der Waals surface area contributed by atoms with Crippen LogP contribution in [0.4, 0.5) is 0 Å². The third-order valence-corrected chi connectivity index (χ3v) is 7.20. The van der Waals surface area contributed by atoms with Crippen LogP contribution in [0.5, 0.6) is 0 Å². The Balaban J connectivity index is 2.06. The van der Waals surface area contributed by atoms with Crippen LogP contribution in [0, 0.1) is 5.92 Å². The van der Waals surface area contributed by atoms with Crippen LogP contribution in [-0.4, -0.2) is 21.0 Å². The van der Waals surface area contributed by atoms with Gasteiger partial charge in [0.15, 0.2) is 0 Å². The van der Waals surface area contributed by atoms with Gasteiger partial charge in [-0.25, -0.2) is 13.1 Å². The Morgan fingerprint density at radius 3 is 2.80 bits per heavy atom. The van der Waals surface area contributed by atoms with Gasteiger partial charge in [-0.05, 0) is 60.6 Å². The monoisotopic (exact) mass is 380 g/mol. The van der Waals surface area contributed by atoms with Crippen molar-refractivity contribution >= 4 is 37.3 Å². The molecule has 1 heterocycles. The van der Waals surface area contributed by atoms with Gasteiger partial charge in [-0.2, -0.15) is 0 Å². The van der Waals surface area contributed by atoms with Crippen molar-refractivity contribution in [2.75, 3.05) is 6.54 Å². The van der Waals surface area contributed by atoms with Gasteiger partial charge in [0, 0.05) is 17.5 Å². The van der Waals surface area contributed by atoms with Crippen LogP contribution in [-0.2, 0) is 16.6 Å². The van der Waals surface area contributed by atoms with E-state index in [-0.39, 0.29) is 6.04 Å². The summed E-state index contributed by atoms with van der Waals surface area (Å²) in [6.45, 7) is 5.70. The zero-order chi connectivity index (χ0) is 14.8. The van der Waals surface area contributed by atoms with E-state index in [2.05, 4.69) is 32.9 Å². The topological polar surface area (TPSA) is 58.2 Å². The maximum Gasteiger partial charge on any atom is 0.242 e. The lowest BCUT2D eigenvalue weighted by molar-refractivity contribution is 0.538. The molecule has 20 heavy (non-hydrogen) atoms. The van der Waals surface area contributed by atoms with E-state index in [4.69, 9.17) is 0 Å². The molecule has 1 fully saturated rings. The molecule has 0 amide bonds. The number of rotatable bonds is 8. The maximum absolute atomic E-state index is 12.4. The Labute approximate surface area is 133 Å². The number of halogens is 1. The Hall–Kier alpha value is 0.0500. The largest absolute Gasteiger partial charge is 0.312 e. The predicted octanol–water partition coefficient (Wildman–Crippen LogP) is 3.09. The Morgan fingerprint density at radius 2 is 2.20 bits per heavy atom. The van der Waals surface area contributed by atoms with Crippen LogP contribution in [0.25, 0.3) is 0 Å². The molecule has 1 aliphatic rings. The number of hydrogen-bond acceptors (Lipinski definition) is 4. The Kier molecular flexibility index (Phi) is 5.64. The molecule has 2 rings (SSSR count). The van der Waals surface area contributed by atoms with Crippen molar-refractivity contribution in [3.63, 3.8) is 0 Å². The van der Waals surface area contributed by atoms with Gasteiger partial charge < -0.3 is 5.32 Å². The summed E-state index contributed by atoms with van der Waals surface area (Å²) in [6, 6.07) is 1.78. The maximum atomic E-state index is 12.4. The van der Waals surface area contributed by atoms with E-state index in [1.165, 1.54) is 11.3 Å². The molecule has 1 unspecified atom stereocenters. The van der Waals surface area contributed by atoms with Crippen LogP contribution in [0.15, 0.2) is 14.7 Å². The molecule has 4 nitrogen and oxygen atoms in total. The van der Waals surface area contributed by atoms with Crippen LogP contribution in [0.1, 0.15) is 38.0 Å². The van der Waals surface area contributed by atoms with Gasteiger partial charge in [-0.3, -0.25) is 0 Å². The average Bonchev–Trinajstić information content (AvgIpc) is 3.13. The first kappa shape index (κ1) is 16.4. The first-order valence-electron chi connectivity index (χ1n) is 6.95. The predicted molar refractivity (Wildman–Crippen MR) is 86.5 cm³/mol. The van der Waals surface area contributed by atoms with Crippen LogP contribution >= 0.6 is 27.3 Å². The lowest BCUT2D eigenvalue weighted by Gasteiger charge is -2.12. The van der Waals surface area contributed by atoms with E-state index in [1.807, 2.05) is 6.92 Å². The molecule has 1 saturated carbocycles. The van der Waals surface area contributed by atoms with Crippen molar-refractivity contribution in [3.8, 4) is 0 Å². The van der Waals surface area contributed by atoms with Crippen molar-refractivity contribution in [3.05, 3.63) is 14.7 Å². The highest BCUT2D eigenvalue weighted by Gasteiger charge is 2.32. The molecule has 0 spiro atoms. The van der Waals surface area contributed by atoms with Gasteiger partial charge in [-0.15, -0.1) is 11.3 Å². The van der Waals surface area contributed by atoms with Crippen LogP contribution in [0.3, 0.4) is 0 Å². The number of hydrogen-bond donors (Lipinski definition) is 2. The lowest BCUT2D eigenvalue weighted by atomic mass is 10.2. The van der Waals surface area contributed by atoms with Crippen molar-refractivity contribution in [2.24, 2.45) is 5.92 Å². The Bertz CT molecular complexity index is 553. The van der Waals surface area contributed by atoms with Crippen LogP contribution in [0.2, 0.25) is 0 Å². The minimum absolute atomic E-state index is 0.0217. The number of sulfonamides is 1. The second-order valence-corrected chi connectivity index (χ2v) is 9.41. The summed E-state index contributed by atoms with van der Waals surface area (Å²) < 4.78 is 28.2. The quantitative estimate of drug-likeness (QED) is 0.681. The van der Waals surface area contributed by atoms with E-state index in [0.29, 0.717) is 21.1 Å². The molecule has 1 aliphatic carbocycles. The number of thiophene rings is 1. The molecule has 0 aromatic carbocycles. The first-order chi connectivity index (χ1) is 9.44. The van der Waals surface area contributed by atoms with Crippen molar-refractivity contribution in [1.29, 1.82) is 0 Å². The van der Waals surface area contributed by atoms with Crippen LogP contribution < -0.4 is 10.0 Å². The fourth-order valence-electron chi connectivity index (χ4n) is 2.06. The summed E-state index contributed by atoms with van der Waals surface area (Å²) in [5.41, 5.74) is 0. The van der Waals surface area contributed by atoms with Gasteiger partial charge in [0.25, 0.3) is 0 Å². The fourth-order valence-corrected chi connectivity index (χ4v) is 6.02. The molecule has 0 bridgehead atoms. The molecular weight excluding hydrogens is 360 g/mol. The SMILES string of the molecule is CCCNCc1cc(S(=O)(=O)NC(C)C2CC2)c(Br)s1. The highest BCUT2D eigenvalue weighted by molar-refractivity contribution is 9.11. The summed E-state index contributed by atoms with van der Waals surface area (Å²) >= 11 is 4.85. The van der Waals surface area contributed by atoms with Crippen molar-refractivity contribution < 1.29 is 8.42 Å². The summed E-state index contributed by atoms with van der Waals surface area (Å²) in [5, 5.41) is 3.29. The highest BCUT2D eigenvalue weighted by Crippen LogP contribution is 2.35. The Morgan fingerprint density at radius 1 is 1.50 bits per heavy atom. The van der Waals surface area contributed by atoms with Crippen molar-refractivity contribution in [2.45, 2.75) is 50.6 Å². The van der Waals surface area contributed by atoms with E-state index in [9.17, 15) is 8.42 Å². The van der Waals surface area contributed by atoms with E-state index >= 15 is 0 Å². The molecule has 0 saturated heterocycles. The van der Waals surface area contributed by atoms with E-state index < -0.39 is 10.0 Å². The normalized spacial score (nSPS) is 17.4. The second-order valence-electron chi connectivity index (χ2n) is 5.27. The molecule has 1 aromatic heterocycles. The summed E-state index contributed by atoms with van der Waals surface area (Å²) in [6.07, 6.45) is 3.32. The average molecular weight is 381 g/mol. The summed E-state index contributed by atoms with van der Waals surface area (Å²) in [5.74, 6) is 0.507. The van der Waals surface area contributed by atoms with Gasteiger partial charge >= 0.3 is 0 Å². The van der Waals surface area contributed by atoms with Crippen molar-refractivity contribution in [1.82, 2.24) is 10.0 Å². The van der Waals surface area contributed by atoms with Gasteiger partial charge in [0.1, 0.15) is 4.90 Å². The van der Waals surface area contributed by atoms with E-state index in [0.717, 1.165) is 30.7 Å². The molecule has 0 aliphatic heterocycles. The third kappa shape index (κ3) is 4.27. The molecule has 1 aromatic rings. The van der Waals surface area contributed by atoms with E-state index in [1.54, 1.807) is 6.07 Å². The molecule has 7 heteroatoms. The summed E-state index contributed by atoms with van der Waals surface area (Å²) in [4.78, 5) is 1.40. The minimum atomic E-state index is -3.42. The number of nitrogens with one attached hydrogen (secondary N) is 2.